The van der Waals surface area contributed by atoms with Crippen LogP contribution in [0.25, 0.3) is 0 Å². The van der Waals surface area contributed by atoms with Crippen LogP contribution in [-0.2, 0) is 14.3 Å². The molecule has 1 atom stereocenters. The maximum Gasteiger partial charge on any atom is 0.422 e. The first-order chi connectivity index (χ1) is 11.1. The smallest absolute Gasteiger partial charge is 0.422 e. The molecule has 0 saturated heterocycles. The van der Waals surface area contributed by atoms with E-state index in [0.717, 1.165) is 37.5 Å². The number of hydrogen-bond acceptors (Lipinski definition) is 3. The number of rotatable bonds is 5. The largest absolute Gasteiger partial charge is 0.432 e. The fourth-order valence-corrected chi connectivity index (χ4v) is 4.87. The van der Waals surface area contributed by atoms with Crippen molar-refractivity contribution >= 4 is 5.97 Å². The van der Waals surface area contributed by atoms with E-state index in [2.05, 4.69) is 6.58 Å². The summed E-state index contributed by atoms with van der Waals surface area (Å²) in [5, 5.41) is 0. The number of hydrogen-bond donors (Lipinski definition) is 0. The Hall–Kier alpha value is -1.04. The molecule has 24 heavy (non-hydrogen) atoms. The molecule has 136 valence electrons. The van der Waals surface area contributed by atoms with Crippen LogP contribution in [0.15, 0.2) is 12.2 Å². The standard InChI is InChI=1S/C18H25F3O3/c1-9(2)17(24-16(22)10(3)18(19,20)21)23-15-13-5-11-4-12(7-13)8-14(15)6-11/h9,11-15,17H,3-8H2,1-2H3. The highest BCUT2D eigenvalue weighted by molar-refractivity contribution is 5.89. The van der Waals surface area contributed by atoms with Gasteiger partial charge in [0.1, 0.15) is 5.57 Å². The maximum atomic E-state index is 12.6. The third-order valence-corrected chi connectivity index (χ3v) is 5.79. The Labute approximate surface area is 140 Å². The molecular formula is C18H25F3O3. The van der Waals surface area contributed by atoms with Gasteiger partial charge in [-0.3, -0.25) is 0 Å². The summed E-state index contributed by atoms with van der Waals surface area (Å²) in [6.07, 6.45) is 0.0975. The number of carbonyl (C=O) groups excluding carboxylic acids is 1. The quantitative estimate of drug-likeness (QED) is 0.418. The summed E-state index contributed by atoms with van der Waals surface area (Å²) in [6.45, 7) is 6.37. The minimum Gasteiger partial charge on any atom is -0.432 e. The highest BCUT2D eigenvalue weighted by Gasteiger charge is 2.50. The lowest BCUT2D eigenvalue weighted by Crippen LogP contribution is -2.51. The Bertz CT molecular complexity index is 484. The van der Waals surface area contributed by atoms with Crippen molar-refractivity contribution in [3.05, 3.63) is 12.2 Å². The second kappa shape index (κ2) is 6.36. The Morgan fingerprint density at radius 1 is 1.04 bits per heavy atom. The van der Waals surface area contributed by atoms with E-state index in [0.29, 0.717) is 11.8 Å². The van der Waals surface area contributed by atoms with Crippen molar-refractivity contribution in [2.75, 3.05) is 0 Å². The summed E-state index contributed by atoms with van der Waals surface area (Å²) in [7, 11) is 0. The summed E-state index contributed by atoms with van der Waals surface area (Å²) in [4.78, 5) is 11.7. The Kier molecular flexibility index (Phi) is 4.71. The van der Waals surface area contributed by atoms with E-state index in [4.69, 9.17) is 9.47 Å². The first kappa shape index (κ1) is 17.8. The van der Waals surface area contributed by atoms with Crippen molar-refractivity contribution in [2.24, 2.45) is 29.6 Å². The van der Waals surface area contributed by atoms with Gasteiger partial charge < -0.3 is 9.47 Å². The molecule has 0 heterocycles. The zero-order chi connectivity index (χ0) is 17.6. The summed E-state index contributed by atoms with van der Waals surface area (Å²) in [5.41, 5.74) is -1.48. The molecule has 3 nitrogen and oxygen atoms in total. The molecule has 6 heteroatoms. The molecular weight excluding hydrogens is 321 g/mol. The summed E-state index contributed by atoms with van der Waals surface area (Å²) in [5.74, 6) is 0.797. The van der Waals surface area contributed by atoms with E-state index in [1.807, 2.05) is 0 Å². The molecule has 1 unspecified atom stereocenters. The number of esters is 1. The Balaban J connectivity index is 1.64. The topological polar surface area (TPSA) is 35.5 Å². The number of carbonyl (C=O) groups is 1. The molecule has 4 rings (SSSR count). The summed E-state index contributed by atoms with van der Waals surface area (Å²) < 4.78 is 48.9. The van der Waals surface area contributed by atoms with Gasteiger partial charge in [0, 0.05) is 5.92 Å². The van der Waals surface area contributed by atoms with Gasteiger partial charge in [-0.25, -0.2) is 4.79 Å². The SMILES string of the molecule is C=C(C(=O)OC(OC1C2CC3CC(C2)CC1C3)C(C)C)C(F)(F)F. The Morgan fingerprint density at radius 3 is 1.96 bits per heavy atom. The molecule has 0 aromatic carbocycles. The van der Waals surface area contributed by atoms with Crippen LogP contribution >= 0.6 is 0 Å². The molecule has 4 fully saturated rings. The second-order valence-corrected chi connectivity index (χ2v) is 8.03. The number of ether oxygens (including phenoxy) is 2. The highest BCUT2D eigenvalue weighted by atomic mass is 19.4. The van der Waals surface area contributed by atoms with Gasteiger partial charge in [0.15, 0.2) is 0 Å². The van der Waals surface area contributed by atoms with Crippen LogP contribution in [0.1, 0.15) is 46.0 Å². The normalized spacial score (nSPS) is 36.0. The van der Waals surface area contributed by atoms with Crippen LogP contribution in [0.2, 0.25) is 0 Å². The van der Waals surface area contributed by atoms with Gasteiger partial charge in [-0.1, -0.05) is 20.4 Å². The molecule has 0 aromatic rings. The fourth-order valence-electron chi connectivity index (χ4n) is 4.87. The first-order valence-corrected chi connectivity index (χ1v) is 8.77. The van der Waals surface area contributed by atoms with Gasteiger partial charge in [0.25, 0.3) is 0 Å². The van der Waals surface area contributed by atoms with E-state index in [-0.39, 0.29) is 12.0 Å². The van der Waals surface area contributed by atoms with Gasteiger partial charge in [0.05, 0.1) is 6.10 Å². The van der Waals surface area contributed by atoms with Crippen LogP contribution < -0.4 is 0 Å². The first-order valence-electron chi connectivity index (χ1n) is 8.77. The Morgan fingerprint density at radius 2 is 1.54 bits per heavy atom. The minimum absolute atomic E-state index is 0.00264. The van der Waals surface area contributed by atoms with E-state index in [1.54, 1.807) is 13.8 Å². The third-order valence-electron chi connectivity index (χ3n) is 5.79. The fraction of sp³-hybridized carbons (Fsp3) is 0.833. The zero-order valence-electron chi connectivity index (χ0n) is 14.1. The molecule has 0 N–H and O–H groups in total. The van der Waals surface area contributed by atoms with E-state index < -0.39 is 24.0 Å². The third kappa shape index (κ3) is 3.48. The number of alkyl halides is 3. The van der Waals surface area contributed by atoms with E-state index in [1.165, 1.54) is 6.42 Å². The predicted octanol–water partition coefficient (Wildman–Crippen LogP) is 4.47. The monoisotopic (exact) mass is 346 g/mol. The molecule has 0 aromatic heterocycles. The van der Waals surface area contributed by atoms with Crippen molar-refractivity contribution in [1.29, 1.82) is 0 Å². The molecule has 4 bridgehead atoms. The highest BCUT2D eigenvalue weighted by Crippen LogP contribution is 2.55. The number of halogens is 3. The summed E-state index contributed by atoms with van der Waals surface area (Å²) >= 11 is 0. The van der Waals surface area contributed by atoms with Crippen LogP contribution in [0.5, 0.6) is 0 Å². The van der Waals surface area contributed by atoms with Crippen molar-refractivity contribution < 1.29 is 27.4 Å². The molecule has 0 radical (unpaired) electrons. The second-order valence-electron chi connectivity index (χ2n) is 8.03. The lowest BCUT2D eigenvalue weighted by Gasteiger charge is -2.54. The van der Waals surface area contributed by atoms with Gasteiger partial charge >= 0.3 is 12.1 Å². The molecule has 0 amide bonds. The van der Waals surface area contributed by atoms with Crippen molar-refractivity contribution in [2.45, 2.75) is 64.5 Å². The van der Waals surface area contributed by atoms with Gasteiger partial charge in [-0.2, -0.15) is 13.2 Å². The minimum atomic E-state index is -4.78. The molecule has 0 aliphatic heterocycles. The molecule has 4 saturated carbocycles. The molecule has 4 aliphatic carbocycles. The predicted molar refractivity (Wildman–Crippen MR) is 81.8 cm³/mol. The molecule has 4 aliphatic rings. The lowest BCUT2D eigenvalue weighted by molar-refractivity contribution is -0.236. The van der Waals surface area contributed by atoms with Crippen molar-refractivity contribution in [3.63, 3.8) is 0 Å². The average Bonchev–Trinajstić information content (AvgIpc) is 2.46. The zero-order valence-corrected chi connectivity index (χ0v) is 14.1. The van der Waals surface area contributed by atoms with Crippen LogP contribution in [0, 0.1) is 29.6 Å². The van der Waals surface area contributed by atoms with Crippen LogP contribution in [-0.4, -0.2) is 24.5 Å². The maximum absolute atomic E-state index is 12.6. The van der Waals surface area contributed by atoms with Gasteiger partial charge in [-0.15, -0.1) is 0 Å². The van der Waals surface area contributed by atoms with Crippen molar-refractivity contribution in [3.8, 4) is 0 Å². The van der Waals surface area contributed by atoms with Crippen LogP contribution in [0.4, 0.5) is 13.2 Å². The van der Waals surface area contributed by atoms with E-state index >= 15 is 0 Å². The van der Waals surface area contributed by atoms with Gasteiger partial charge in [-0.05, 0) is 55.8 Å². The lowest BCUT2D eigenvalue weighted by atomic mass is 9.55. The van der Waals surface area contributed by atoms with E-state index in [9.17, 15) is 18.0 Å². The average molecular weight is 346 g/mol. The molecule has 0 spiro atoms. The van der Waals surface area contributed by atoms with Crippen molar-refractivity contribution in [1.82, 2.24) is 0 Å². The summed E-state index contributed by atoms with van der Waals surface area (Å²) in [6, 6.07) is 0. The van der Waals surface area contributed by atoms with Crippen LogP contribution in [0.3, 0.4) is 0 Å². The van der Waals surface area contributed by atoms with Gasteiger partial charge in [0.2, 0.25) is 6.29 Å².